The summed E-state index contributed by atoms with van der Waals surface area (Å²) in [4.78, 5) is 0. The van der Waals surface area contributed by atoms with Crippen LogP contribution in [0.15, 0.2) is 24.3 Å². The monoisotopic (exact) mass is 196 g/mol. The summed E-state index contributed by atoms with van der Waals surface area (Å²) >= 11 is 0. The lowest BCUT2D eigenvalue weighted by molar-refractivity contribution is 0.585. The van der Waals surface area contributed by atoms with Crippen molar-refractivity contribution in [2.75, 3.05) is 5.75 Å². The van der Waals surface area contributed by atoms with Gasteiger partial charge in [0.1, 0.15) is 0 Å². The minimum Gasteiger partial charge on any atom is -0.228 e. The quantitative estimate of drug-likeness (QED) is 0.633. The van der Waals surface area contributed by atoms with Gasteiger partial charge in [-0.3, -0.25) is 0 Å². The van der Waals surface area contributed by atoms with E-state index in [1.807, 2.05) is 31.2 Å². The molecule has 0 aliphatic carbocycles. The Balaban J connectivity index is 2.55. The van der Waals surface area contributed by atoms with Crippen LogP contribution in [0.3, 0.4) is 0 Å². The van der Waals surface area contributed by atoms with Gasteiger partial charge in [0.25, 0.3) is 0 Å². The molecule has 2 rings (SSSR count). The van der Waals surface area contributed by atoms with Crippen molar-refractivity contribution in [3.63, 3.8) is 0 Å². The van der Waals surface area contributed by atoms with E-state index in [9.17, 15) is 8.42 Å². The van der Waals surface area contributed by atoms with Gasteiger partial charge in [-0.25, -0.2) is 8.42 Å². The molecule has 1 atom stereocenters. The zero-order valence-corrected chi connectivity index (χ0v) is 8.34. The molecule has 0 saturated heterocycles. The molecule has 0 amide bonds. The standard InChI is InChI=1S/C10H12O2S/c1-8-6-13(11,12)7-9-4-2-3-5-10(8)9/h2-5,8H,6-7H2,1H3. The molecule has 1 aliphatic rings. The number of benzene rings is 1. The fourth-order valence-corrected chi connectivity index (χ4v) is 3.71. The molecule has 0 spiro atoms. The van der Waals surface area contributed by atoms with Crippen LogP contribution in [0.4, 0.5) is 0 Å². The van der Waals surface area contributed by atoms with Gasteiger partial charge in [0.2, 0.25) is 0 Å². The van der Waals surface area contributed by atoms with Crippen LogP contribution in [0.2, 0.25) is 0 Å². The van der Waals surface area contributed by atoms with Gasteiger partial charge in [0.15, 0.2) is 9.84 Å². The summed E-state index contributed by atoms with van der Waals surface area (Å²) in [6.45, 7) is 1.97. The number of sulfone groups is 1. The molecule has 13 heavy (non-hydrogen) atoms. The molecular formula is C10H12O2S. The number of rotatable bonds is 0. The first kappa shape index (κ1) is 8.75. The summed E-state index contributed by atoms with van der Waals surface area (Å²) in [6.07, 6.45) is 0. The Morgan fingerprint density at radius 1 is 1.31 bits per heavy atom. The predicted octanol–water partition coefficient (Wildman–Crippen LogP) is 1.72. The SMILES string of the molecule is CC1CS(=O)(=O)Cc2ccccc21. The lowest BCUT2D eigenvalue weighted by Crippen LogP contribution is -2.21. The van der Waals surface area contributed by atoms with E-state index < -0.39 is 9.84 Å². The van der Waals surface area contributed by atoms with Crippen molar-refractivity contribution in [3.05, 3.63) is 35.4 Å². The summed E-state index contributed by atoms with van der Waals surface area (Å²) in [6, 6.07) is 7.79. The van der Waals surface area contributed by atoms with E-state index >= 15 is 0 Å². The molecule has 1 heterocycles. The third-order valence-electron chi connectivity index (χ3n) is 2.47. The lowest BCUT2D eigenvalue weighted by Gasteiger charge is -2.21. The molecule has 1 aromatic rings. The number of fused-ring (bicyclic) bond motifs is 1. The van der Waals surface area contributed by atoms with Crippen LogP contribution in [-0.2, 0) is 15.6 Å². The Labute approximate surface area is 78.5 Å². The molecule has 0 aromatic heterocycles. The molecule has 0 bridgehead atoms. The Morgan fingerprint density at radius 3 is 2.77 bits per heavy atom. The van der Waals surface area contributed by atoms with Crippen molar-refractivity contribution < 1.29 is 8.42 Å². The van der Waals surface area contributed by atoms with E-state index in [1.54, 1.807) is 0 Å². The third kappa shape index (κ3) is 1.61. The molecule has 2 nitrogen and oxygen atoms in total. The normalized spacial score (nSPS) is 25.2. The maximum absolute atomic E-state index is 11.4. The van der Waals surface area contributed by atoms with Crippen LogP contribution in [0.1, 0.15) is 24.0 Å². The van der Waals surface area contributed by atoms with E-state index in [-0.39, 0.29) is 11.7 Å². The van der Waals surface area contributed by atoms with Gasteiger partial charge < -0.3 is 0 Å². The Morgan fingerprint density at radius 2 is 2.00 bits per heavy atom. The molecule has 0 N–H and O–H groups in total. The summed E-state index contributed by atoms with van der Waals surface area (Å²) in [7, 11) is -2.85. The van der Waals surface area contributed by atoms with Gasteiger partial charge in [0, 0.05) is 0 Å². The second kappa shape index (κ2) is 2.84. The number of hydrogen-bond donors (Lipinski definition) is 0. The van der Waals surface area contributed by atoms with Gasteiger partial charge in [0.05, 0.1) is 11.5 Å². The second-order valence-electron chi connectivity index (χ2n) is 3.65. The van der Waals surface area contributed by atoms with Crippen LogP contribution >= 0.6 is 0 Å². The summed E-state index contributed by atoms with van der Waals surface area (Å²) in [5.41, 5.74) is 2.17. The molecule has 1 unspecified atom stereocenters. The van der Waals surface area contributed by atoms with Crippen molar-refractivity contribution >= 4 is 9.84 Å². The lowest BCUT2D eigenvalue weighted by atomic mass is 9.98. The highest BCUT2D eigenvalue weighted by Gasteiger charge is 2.25. The Bertz CT molecular complexity index is 420. The largest absolute Gasteiger partial charge is 0.228 e. The molecule has 3 heteroatoms. The first-order valence-electron chi connectivity index (χ1n) is 4.37. The maximum atomic E-state index is 11.4. The zero-order valence-electron chi connectivity index (χ0n) is 7.53. The highest BCUT2D eigenvalue weighted by atomic mass is 32.2. The van der Waals surface area contributed by atoms with Gasteiger partial charge in [-0.05, 0) is 17.0 Å². The van der Waals surface area contributed by atoms with Crippen molar-refractivity contribution in [1.82, 2.24) is 0 Å². The first-order chi connectivity index (χ1) is 6.08. The summed E-state index contributed by atoms with van der Waals surface area (Å²) in [5.74, 6) is 0.660. The molecule has 0 saturated carbocycles. The molecule has 1 aliphatic heterocycles. The topological polar surface area (TPSA) is 34.1 Å². The fraction of sp³-hybridized carbons (Fsp3) is 0.400. The van der Waals surface area contributed by atoms with E-state index in [0.717, 1.165) is 5.56 Å². The highest BCUT2D eigenvalue weighted by molar-refractivity contribution is 7.90. The van der Waals surface area contributed by atoms with Crippen LogP contribution in [0.5, 0.6) is 0 Å². The molecule has 1 aromatic carbocycles. The smallest absolute Gasteiger partial charge is 0.155 e. The molecular weight excluding hydrogens is 184 g/mol. The van der Waals surface area contributed by atoms with Crippen molar-refractivity contribution in [2.24, 2.45) is 0 Å². The van der Waals surface area contributed by atoms with E-state index in [0.29, 0.717) is 5.75 Å². The van der Waals surface area contributed by atoms with Gasteiger partial charge in [-0.1, -0.05) is 31.2 Å². The van der Waals surface area contributed by atoms with Gasteiger partial charge in [-0.15, -0.1) is 0 Å². The fourth-order valence-electron chi connectivity index (χ4n) is 1.91. The predicted molar refractivity (Wildman–Crippen MR) is 52.3 cm³/mol. The van der Waals surface area contributed by atoms with Crippen molar-refractivity contribution in [3.8, 4) is 0 Å². The Kier molecular flexibility index (Phi) is 1.91. The van der Waals surface area contributed by atoms with Gasteiger partial charge in [-0.2, -0.15) is 0 Å². The maximum Gasteiger partial charge on any atom is 0.155 e. The molecule has 70 valence electrons. The number of hydrogen-bond acceptors (Lipinski definition) is 2. The first-order valence-corrected chi connectivity index (χ1v) is 6.19. The molecule has 0 radical (unpaired) electrons. The minimum atomic E-state index is -2.85. The second-order valence-corrected chi connectivity index (χ2v) is 5.76. The van der Waals surface area contributed by atoms with Crippen LogP contribution in [0, 0.1) is 0 Å². The van der Waals surface area contributed by atoms with E-state index in [2.05, 4.69) is 0 Å². The van der Waals surface area contributed by atoms with Crippen LogP contribution in [-0.4, -0.2) is 14.2 Å². The average molecular weight is 196 g/mol. The molecule has 0 fully saturated rings. The minimum absolute atomic E-state index is 0.148. The van der Waals surface area contributed by atoms with Crippen LogP contribution < -0.4 is 0 Å². The van der Waals surface area contributed by atoms with Crippen molar-refractivity contribution in [2.45, 2.75) is 18.6 Å². The summed E-state index contributed by atoms with van der Waals surface area (Å²) < 4.78 is 22.8. The van der Waals surface area contributed by atoms with E-state index in [4.69, 9.17) is 0 Å². The Hall–Kier alpha value is -0.830. The van der Waals surface area contributed by atoms with Crippen molar-refractivity contribution in [1.29, 1.82) is 0 Å². The third-order valence-corrected chi connectivity index (χ3v) is 4.22. The van der Waals surface area contributed by atoms with Crippen LogP contribution in [0.25, 0.3) is 0 Å². The van der Waals surface area contributed by atoms with Gasteiger partial charge >= 0.3 is 0 Å². The van der Waals surface area contributed by atoms with E-state index in [1.165, 1.54) is 5.56 Å². The summed E-state index contributed by atoms with van der Waals surface area (Å²) in [5, 5.41) is 0. The average Bonchev–Trinajstić information content (AvgIpc) is 2.02. The zero-order chi connectivity index (χ0) is 9.47. The highest BCUT2D eigenvalue weighted by Crippen LogP contribution is 2.28.